The van der Waals surface area contributed by atoms with Gasteiger partial charge in [0.05, 0.1) is 12.7 Å². The number of methoxy groups -OCH3 is 1. The summed E-state index contributed by atoms with van der Waals surface area (Å²) < 4.78 is 5.12. The summed E-state index contributed by atoms with van der Waals surface area (Å²) in [5, 5.41) is 0.891. The molecule has 0 aliphatic rings. The summed E-state index contributed by atoms with van der Waals surface area (Å²) in [7, 11) is 1.63. The zero-order chi connectivity index (χ0) is 9.52. The maximum absolute atomic E-state index is 5.12. The van der Waals surface area contributed by atoms with E-state index in [-0.39, 0.29) is 0 Å². The number of rotatable bonds is 2. The second-order valence-electron chi connectivity index (χ2n) is 2.32. The Morgan fingerprint density at radius 1 is 1.62 bits per heavy atom. The molecule has 0 aliphatic carbocycles. The first-order valence-electron chi connectivity index (χ1n) is 3.91. The van der Waals surface area contributed by atoms with Crippen molar-refractivity contribution in [2.24, 2.45) is 0 Å². The first kappa shape index (κ1) is 10.1. The normalized spacial score (nSPS) is 8.77. The molecule has 0 spiro atoms. The molecular weight excluding hydrogens is 230 g/mol. The van der Waals surface area contributed by atoms with Crippen molar-refractivity contribution in [2.75, 3.05) is 12.4 Å². The summed E-state index contributed by atoms with van der Waals surface area (Å²) in [6.07, 6.45) is 4.23. The van der Waals surface area contributed by atoms with Crippen molar-refractivity contribution in [3.8, 4) is 17.6 Å². The van der Waals surface area contributed by atoms with Crippen LogP contribution in [-0.2, 0) is 0 Å². The van der Waals surface area contributed by atoms with Crippen LogP contribution in [0.4, 0.5) is 0 Å². The molecule has 2 nitrogen and oxygen atoms in total. The summed E-state index contributed by atoms with van der Waals surface area (Å²) >= 11 is 3.31. The van der Waals surface area contributed by atoms with E-state index in [9.17, 15) is 0 Å². The van der Waals surface area contributed by atoms with E-state index in [1.54, 1.807) is 25.6 Å². The predicted molar refractivity (Wildman–Crippen MR) is 56.1 cm³/mol. The molecule has 1 heterocycles. The number of pyridine rings is 1. The highest BCUT2D eigenvalue weighted by Crippen LogP contribution is 2.13. The first-order chi connectivity index (χ1) is 6.38. The molecule has 0 unspecified atom stereocenters. The molecule has 0 bridgehead atoms. The van der Waals surface area contributed by atoms with Gasteiger partial charge < -0.3 is 4.74 Å². The van der Waals surface area contributed by atoms with Gasteiger partial charge in [0, 0.05) is 24.1 Å². The second kappa shape index (κ2) is 5.60. The van der Waals surface area contributed by atoms with Crippen LogP contribution in [0.25, 0.3) is 0 Å². The molecule has 0 amide bonds. The van der Waals surface area contributed by atoms with Crippen molar-refractivity contribution in [2.45, 2.75) is 6.42 Å². The van der Waals surface area contributed by atoms with Gasteiger partial charge in [-0.2, -0.15) is 0 Å². The maximum atomic E-state index is 5.12. The van der Waals surface area contributed by atoms with Gasteiger partial charge in [-0.05, 0) is 6.07 Å². The Labute approximate surface area is 86.5 Å². The SMILES string of the molecule is COc1ccncc1C#CCCBr. The molecule has 0 atom stereocenters. The largest absolute Gasteiger partial charge is 0.495 e. The molecule has 3 heteroatoms. The van der Waals surface area contributed by atoms with Crippen molar-refractivity contribution in [3.05, 3.63) is 24.0 Å². The van der Waals surface area contributed by atoms with Gasteiger partial charge in [0.15, 0.2) is 0 Å². The highest BCUT2D eigenvalue weighted by atomic mass is 79.9. The summed E-state index contributed by atoms with van der Waals surface area (Å²) in [6, 6.07) is 1.80. The van der Waals surface area contributed by atoms with Crippen LogP contribution in [0.5, 0.6) is 5.75 Å². The van der Waals surface area contributed by atoms with E-state index in [1.807, 2.05) is 0 Å². The fourth-order valence-corrected chi connectivity index (χ4v) is 1.06. The Bertz CT molecular complexity index is 327. The minimum atomic E-state index is 0.775. The number of alkyl halides is 1. The third-order valence-corrected chi connectivity index (χ3v) is 1.84. The van der Waals surface area contributed by atoms with Gasteiger partial charge in [0.1, 0.15) is 5.75 Å². The van der Waals surface area contributed by atoms with E-state index >= 15 is 0 Å². The summed E-state index contributed by atoms with van der Waals surface area (Å²) in [4.78, 5) is 3.98. The fraction of sp³-hybridized carbons (Fsp3) is 0.300. The average Bonchev–Trinajstić information content (AvgIpc) is 2.19. The van der Waals surface area contributed by atoms with Crippen LogP contribution in [0, 0.1) is 11.8 Å². The molecule has 0 saturated carbocycles. The minimum Gasteiger partial charge on any atom is -0.495 e. The first-order valence-corrected chi connectivity index (χ1v) is 5.03. The lowest BCUT2D eigenvalue weighted by Gasteiger charge is -1.99. The maximum Gasteiger partial charge on any atom is 0.137 e. The lowest BCUT2D eigenvalue weighted by atomic mass is 10.2. The molecule has 68 valence electrons. The van der Waals surface area contributed by atoms with Crippen LogP contribution in [0.1, 0.15) is 12.0 Å². The summed E-state index contributed by atoms with van der Waals surface area (Å²) in [5.41, 5.74) is 0.839. The Morgan fingerprint density at radius 3 is 3.15 bits per heavy atom. The molecule has 0 aliphatic heterocycles. The van der Waals surface area contributed by atoms with Gasteiger partial charge >= 0.3 is 0 Å². The molecule has 1 aromatic heterocycles. The quantitative estimate of drug-likeness (QED) is 0.584. The van der Waals surface area contributed by atoms with E-state index in [0.717, 1.165) is 23.1 Å². The number of hydrogen-bond donors (Lipinski definition) is 0. The van der Waals surface area contributed by atoms with Crippen LogP contribution < -0.4 is 4.74 Å². The van der Waals surface area contributed by atoms with E-state index in [1.165, 1.54) is 0 Å². The topological polar surface area (TPSA) is 22.1 Å². The monoisotopic (exact) mass is 239 g/mol. The van der Waals surface area contributed by atoms with E-state index in [2.05, 4.69) is 32.8 Å². The molecular formula is C10H10BrNO. The molecule has 0 aromatic carbocycles. The number of hydrogen-bond acceptors (Lipinski definition) is 2. The molecule has 0 N–H and O–H groups in total. The van der Waals surface area contributed by atoms with E-state index in [4.69, 9.17) is 4.74 Å². The van der Waals surface area contributed by atoms with Crippen molar-refractivity contribution in [3.63, 3.8) is 0 Å². The smallest absolute Gasteiger partial charge is 0.137 e. The van der Waals surface area contributed by atoms with Gasteiger partial charge in [-0.3, -0.25) is 4.98 Å². The van der Waals surface area contributed by atoms with Gasteiger partial charge in [-0.1, -0.05) is 27.8 Å². The zero-order valence-electron chi connectivity index (χ0n) is 7.38. The number of halogens is 1. The minimum absolute atomic E-state index is 0.775. The Morgan fingerprint density at radius 2 is 2.46 bits per heavy atom. The summed E-state index contributed by atoms with van der Waals surface area (Å²) in [5.74, 6) is 6.78. The molecule has 13 heavy (non-hydrogen) atoms. The zero-order valence-corrected chi connectivity index (χ0v) is 8.97. The second-order valence-corrected chi connectivity index (χ2v) is 3.11. The number of nitrogens with zero attached hydrogens (tertiary/aromatic N) is 1. The van der Waals surface area contributed by atoms with Gasteiger partial charge in [-0.25, -0.2) is 0 Å². The van der Waals surface area contributed by atoms with E-state index in [0.29, 0.717) is 0 Å². The molecule has 1 aromatic rings. The molecule has 0 saturated heterocycles. The third-order valence-electron chi connectivity index (χ3n) is 1.44. The number of aromatic nitrogens is 1. The lowest BCUT2D eigenvalue weighted by Crippen LogP contribution is -1.88. The third kappa shape index (κ3) is 3.08. The Balaban J connectivity index is 2.82. The molecule has 0 radical (unpaired) electrons. The van der Waals surface area contributed by atoms with Crippen molar-refractivity contribution in [1.29, 1.82) is 0 Å². The van der Waals surface area contributed by atoms with Crippen LogP contribution in [0.15, 0.2) is 18.5 Å². The highest BCUT2D eigenvalue weighted by molar-refractivity contribution is 9.09. The van der Waals surface area contributed by atoms with E-state index < -0.39 is 0 Å². The van der Waals surface area contributed by atoms with Crippen LogP contribution in [0.2, 0.25) is 0 Å². The fourth-order valence-electron chi connectivity index (χ4n) is 0.859. The van der Waals surface area contributed by atoms with Crippen molar-refractivity contribution < 1.29 is 4.74 Å². The summed E-state index contributed by atoms with van der Waals surface area (Å²) in [6.45, 7) is 0. The lowest BCUT2D eigenvalue weighted by molar-refractivity contribution is 0.413. The predicted octanol–water partition coefficient (Wildman–Crippen LogP) is 2.23. The van der Waals surface area contributed by atoms with Crippen molar-refractivity contribution in [1.82, 2.24) is 4.98 Å². The van der Waals surface area contributed by atoms with Crippen molar-refractivity contribution >= 4 is 15.9 Å². The average molecular weight is 240 g/mol. The van der Waals surface area contributed by atoms with Gasteiger partial charge in [0.25, 0.3) is 0 Å². The van der Waals surface area contributed by atoms with Gasteiger partial charge in [0.2, 0.25) is 0 Å². The Hall–Kier alpha value is -1.01. The highest BCUT2D eigenvalue weighted by Gasteiger charge is 1.96. The molecule has 1 rings (SSSR count). The standard InChI is InChI=1S/C10H10BrNO/c1-13-10-5-7-12-8-9(10)4-2-3-6-11/h5,7-8H,3,6H2,1H3. The van der Waals surface area contributed by atoms with Crippen LogP contribution >= 0.6 is 15.9 Å². The van der Waals surface area contributed by atoms with Crippen LogP contribution in [0.3, 0.4) is 0 Å². The Kier molecular flexibility index (Phi) is 4.34. The molecule has 0 fully saturated rings. The van der Waals surface area contributed by atoms with Gasteiger partial charge in [-0.15, -0.1) is 0 Å². The van der Waals surface area contributed by atoms with Crippen LogP contribution in [-0.4, -0.2) is 17.4 Å². The number of ether oxygens (including phenoxy) is 1.